The van der Waals surface area contributed by atoms with E-state index < -0.39 is 17.7 Å². The van der Waals surface area contributed by atoms with E-state index in [0.29, 0.717) is 34.3 Å². The summed E-state index contributed by atoms with van der Waals surface area (Å²) in [6, 6.07) is 10.8. The molecule has 164 valence electrons. The zero-order valence-electron chi connectivity index (χ0n) is 17.6. The Balaban J connectivity index is 2.17. The summed E-state index contributed by atoms with van der Waals surface area (Å²) in [5.41, 5.74) is 0.984. The van der Waals surface area contributed by atoms with Crippen molar-refractivity contribution in [1.82, 2.24) is 4.90 Å². The van der Waals surface area contributed by atoms with Crippen molar-refractivity contribution < 1.29 is 28.9 Å². The highest BCUT2D eigenvalue weighted by atomic mass is 35.5. The number of likely N-dealkylation sites (tertiary alicyclic amines) is 1. The molecule has 1 aliphatic rings. The lowest BCUT2D eigenvalue weighted by atomic mass is 9.95. The molecular weight excluding hydrogens is 422 g/mol. The summed E-state index contributed by atoms with van der Waals surface area (Å²) in [5.74, 6) is -0.733. The molecule has 1 aliphatic heterocycles. The number of carbonyl (C=O) groups is 2. The van der Waals surface area contributed by atoms with Crippen LogP contribution < -0.4 is 9.47 Å². The van der Waals surface area contributed by atoms with E-state index in [-0.39, 0.29) is 24.5 Å². The van der Waals surface area contributed by atoms with Crippen molar-refractivity contribution in [2.24, 2.45) is 0 Å². The van der Waals surface area contributed by atoms with E-state index in [1.54, 1.807) is 42.5 Å². The molecule has 31 heavy (non-hydrogen) atoms. The first kappa shape index (κ1) is 22.7. The molecule has 1 atom stereocenters. The van der Waals surface area contributed by atoms with Crippen molar-refractivity contribution in [3.05, 3.63) is 64.2 Å². The van der Waals surface area contributed by atoms with Gasteiger partial charge in [0, 0.05) is 24.2 Å². The quantitative estimate of drug-likeness (QED) is 0.378. The molecule has 2 aromatic rings. The van der Waals surface area contributed by atoms with Gasteiger partial charge in [-0.2, -0.15) is 0 Å². The fraction of sp³-hybridized carbons (Fsp3) is 0.304. The molecule has 1 heterocycles. The molecular formula is C23H24ClNO6. The van der Waals surface area contributed by atoms with E-state index in [0.717, 1.165) is 0 Å². The Labute approximate surface area is 185 Å². The summed E-state index contributed by atoms with van der Waals surface area (Å²) < 4.78 is 16.1. The Kier molecular flexibility index (Phi) is 7.20. The summed E-state index contributed by atoms with van der Waals surface area (Å²) in [4.78, 5) is 27.1. The van der Waals surface area contributed by atoms with E-state index in [4.69, 9.17) is 25.8 Å². The van der Waals surface area contributed by atoms with Crippen LogP contribution in [0.5, 0.6) is 11.5 Å². The molecule has 1 fully saturated rings. The number of aliphatic hydroxyl groups excluding tert-OH is 1. The minimum Gasteiger partial charge on any atom is -0.507 e. The number of Topliss-reactive ketones (excluding diaryl/α,β-unsaturated/α-hetero) is 1. The van der Waals surface area contributed by atoms with E-state index >= 15 is 0 Å². The van der Waals surface area contributed by atoms with Crippen LogP contribution in [0, 0.1) is 0 Å². The van der Waals surface area contributed by atoms with Crippen LogP contribution >= 0.6 is 11.6 Å². The van der Waals surface area contributed by atoms with Crippen molar-refractivity contribution in [2.45, 2.75) is 13.0 Å². The Morgan fingerprint density at radius 3 is 2.42 bits per heavy atom. The average molecular weight is 446 g/mol. The number of hydrogen-bond donors (Lipinski definition) is 1. The van der Waals surface area contributed by atoms with Crippen LogP contribution in [0.15, 0.2) is 48.0 Å². The third-order valence-electron chi connectivity index (χ3n) is 5.00. The Morgan fingerprint density at radius 2 is 1.81 bits per heavy atom. The van der Waals surface area contributed by atoms with Gasteiger partial charge in [0.25, 0.3) is 11.7 Å². The first-order valence-electron chi connectivity index (χ1n) is 9.76. The van der Waals surface area contributed by atoms with Crippen LogP contribution in [0.1, 0.15) is 24.1 Å². The van der Waals surface area contributed by atoms with Crippen LogP contribution in [0.25, 0.3) is 5.76 Å². The Hall–Kier alpha value is -3.03. The number of benzene rings is 2. The Bertz CT molecular complexity index is 1000. The lowest BCUT2D eigenvalue weighted by Crippen LogP contribution is -2.32. The molecule has 3 rings (SSSR count). The number of nitrogens with zero attached hydrogens (tertiary/aromatic N) is 1. The molecule has 0 spiro atoms. The number of ether oxygens (including phenoxy) is 3. The lowest BCUT2D eigenvalue weighted by Gasteiger charge is -2.25. The SMILES string of the molecule is CCOc1ccc([C@@H]2/C(=C(\O)c3ccc(Cl)cc3)C(=O)C(=O)N2CCOC)cc1OC. The molecule has 0 aliphatic carbocycles. The minimum absolute atomic E-state index is 0.00496. The third-order valence-corrected chi connectivity index (χ3v) is 5.25. The number of methoxy groups -OCH3 is 2. The molecule has 1 amide bonds. The third kappa shape index (κ3) is 4.52. The number of ketones is 1. The van der Waals surface area contributed by atoms with Gasteiger partial charge in [-0.05, 0) is 48.9 Å². The van der Waals surface area contributed by atoms with Crippen molar-refractivity contribution in [3.63, 3.8) is 0 Å². The molecule has 8 heteroatoms. The van der Waals surface area contributed by atoms with Crippen LogP contribution in [-0.4, -0.2) is 55.7 Å². The highest BCUT2D eigenvalue weighted by Crippen LogP contribution is 2.41. The Morgan fingerprint density at radius 1 is 1.10 bits per heavy atom. The zero-order chi connectivity index (χ0) is 22.5. The lowest BCUT2D eigenvalue weighted by molar-refractivity contribution is -0.140. The molecule has 0 aromatic heterocycles. The number of hydrogen-bond acceptors (Lipinski definition) is 6. The predicted molar refractivity (Wildman–Crippen MR) is 117 cm³/mol. The first-order chi connectivity index (χ1) is 14.9. The summed E-state index contributed by atoms with van der Waals surface area (Å²) in [6.07, 6.45) is 0. The van der Waals surface area contributed by atoms with Gasteiger partial charge in [0.15, 0.2) is 11.5 Å². The fourth-order valence-electron chi connectivity index (χ4n) is 3.54. The second-order valence-electron chi connectivity index (χ2n) is 6.84. The maximum absolute atomic E-state index is 12.9. The van der Waals surface area contributed by atoms with Gasteiger partial charge in [0.1, 0.15) is 5.76 Å². The highest BCUT2D eigenvalue weighted by Gasteiger charge is 2.46. The topological polar surface area (TPSA) is 85.3 Å². The number of rotatable bonds is 8. The highest BCUT2D eigenvalue weighted by molar-refractivity contribution is 6.46. The van der Waals surface area contributed by atoms with Gasteiger partial charge in [-0.15, -0.1) is 0 Å². The van der Waals surface area contributed by atoms with Crippen molar-refractivity contribution >= 4 is 29.1 Å². The predicted octanol–water partition coefficient (Wildman–Crippen LogP) is 3.82. The van der Waals surface area contributed by atoms with Crippen LogP contribution in [0.3, 0.4) is 0 Å². The largest absolute Gasteiger partial charge is 0.507 e. The summed E-state index contributed by atoms with van der Waals surface area (Å²) >= 11 is 5.94. The van der Waals surface area contributed by atoms with Gasteiger partial charge in [-0.3, -0.25) is 9.59 Å². The molecule has 0 bridgehead atoms. The smallest absolute Gasteiger partial charge is 0.295 e. The van der Waals surface area contributed by atoms with Crippen LogP contribution in [0.4, 0.5) is 0 Å². The summed E-state index contributed by atoms with van der Waals surface area (Å²) in [7, 11) is 3.02. The maximum Gasteiger partial charge on any atom is 0.295 e. The van der Waals surface area contributed by atoms with Gasteiger partial charge in [0.2, 0.25) is 0 Å². The van der Waals surface area contributed by atoms with E-state index in [2.05, 4.69) is 0 Å². The van der Waals surface area contributed by atoms with Crippen LogP contribution in [-0.2, 0) is 14.3 Å². The maximum atomic E-state index is 12.9. The molecule has 0 saturated carbocycles. The molecule has 7 nitrogen and oxygen atoms in total. The molecule has 2 aromatic carbocycles. The molecule has 0 unspecified atom stereocenters. The summed E-state index contributed by atoms with van der Waals surface area (Å²) in [6.45, 7) is 2.73. The second-order valence-corrected chi connectivity index (χ2v) is 7.27. The van der Waals surface area contributed by atoms with Gasteiger partial charge in [-0.25, -0.2) is 0 Å². The number of aliphatic hydroxyl groups is 1. The minimum atomic E-state index is -0.810. The van der Waals surface area contributed by atoms with Gasteiger partial charge >= 0.3 is 0 Å². The molecule has 1 saturated heterocycles. The second kappa shape index (κ2) is 9.85. The van der Waals surface area contributed by atoms with Gasteiger partial charge < -0.3 is 24.2 Å². The zero-order valence-corrected chi connectivity index (χ0v) is 18.3. The standard InChI is InChI=1S/C23H24ClNO6/c1-4-31-17-10-7-15(13-18(17)30-3)20-19(21(26)14-5-8-16(24)9-6-14)22(27)23(28)25(20)11-12-29-2/h5-10,13,20,26H,4,11-12H2,1-3H3/b21-19+/t20-/m1/s1. The van der Waals surface area contributed by atoms with Gasteiger partial charge in [-0.1, -0.05) is 17.7 Å². The normalized spacial score (nSPS) is 17.8. The first-order valence-corrected chi connectivity index (χ1v) is 10.1. The van der Waals surface area contributed by atoms with Crippen LogP contribution in [0.2, 0.25) is 5.02 Å². The molecule has 0 radical (unpaired) electrons. The number of amides is 1. The van der Waals surface area contributed by atoms with E-state index in [1.807, 2.05) is 6.92 Å². The van der Waals surface area contributed by atoms with Gasteiger partial charge in [0.05, 0.1) is 31.9 Å². The van der Waals surface area contributed by atoms with E-state index in [9.17, 15) is 14.7 Å². The van der Waals surface area contributed by atoms with Crippen molar-refractivity contribution in [1.29, 1.82) is 0 Å². The molecule has 1 N–H and O–H groups in total. The average Bonchev–Trinajstić information content (AvgIpc) is 3.03. The summed E-state index contributed by atoms with van der Waals surface area (Å²) in [5, 5.41) is 11.5. The van der Waals surface area contributed by atoms with Crippen molar-refractivity contribution in [2.75, 3.05) is 34.0 Å². The fourth-order valence-corrected chi connectivity index (χ4v) is 3.67. The number of carbonyl (C=O) groups excluding carboxylic acids is 2. The van der Waals surface area contributed by atoms with E-state index in [1.165, 1.54) is 19.1 Å². The van der Waals surface area contributed by atoms with Crippen molar-refractivity contribution in [3.8, 4) is 11.5 Å². The monoisotopic (exact) mass is 445 g/mol. The number of halogens is 1.